The van der Waals surface area contributed by atoms with Gasteiger partial charge in [0.05, 0.1) is 29.5 Å². The van der Waals surface area contributed by atoms with Gasteiger partial charge in [-0.2, -0.15) is 0 Å². The summed E-state index contributed by atoms with van der Waals surface area (Å²) in [6.07, 6.45) is 2.03. The molecule has 0 saturated heterocycles. The first-order valence-corrected chi connectivity index (χ1v) is 6.74. The highest BCUT2D eigenvalue weighted by Crippen LogP contribution is 2.14. The fourth-order valence-corrected chi connectivity index (χ4v) is 2.33. The molecule has 0 fully saturated rings. The van der Waals surface area contributed by atoms with Crippen molar-refractivity contribution in [3.05, 3.63) is 28.0 Å². The molecule has 2 heterocycles. The molecule has 0 aliphatic carbocycles. The number of hydrogen-bond donors (Lipinski definition) is 1. The van der Waals surface area contributed by atoms with Gasteiger partial charge in [0.15, 0.2) is 0 Å². The fraction of sp³-hybridized carbons (Fsp3) is 0.500. The molecule has 2 rings (SSSR count). The molecule has 5 nitrogen and oxygen atoms in total. The third kappa shape index (κ3) is 3.30. The topological polar surface area (TPSA) is 52.0 Å². The molecule has 0 amide bonds. The summed E-state index contributed by atoms with van der Waals surface area (Å²) in [5.74, 6) is 0.871. The maximum atomic E-state index is 5.02. The van der Waals surface area contributed by atoms with E-state index in [0.29, 0.717) is 6.61 Å². The van der Waals surface area contributed by atoms with E-state index >= 15 is 0 Å². The summed E-state index contributed by atoms with van der Waals surface area (Å²) >= 11 is 1.67. The van der Waals surface area contributed by atoms with Gasteiger partial charge in [-0.05, 0) is 13.8 Å². The molecule has 0 aliphatic heterocycles. The molecule has 0 bridgehead atoms. The molecule has 0 aliphatic rings. The second kappa shape index (κ2) is 5.97. The van der Waals surface area contributed by atoms with E-state index in [4.69, 9.17) is 4.74 Å². The second-order valence-corrected chi connectivity index (χ2v) is 5.17. The number of thiazole rings is 1. The van der Waals surface area contributed by atoms with Gasteiger partial charge in [-0.25, -0.2) is 9.97 Å². The molecule has 0 aromatic carbocycles. The van der Waals surface area contributed by atoms with Crippen molar-refractivity contribution in [2.24, 2.45) is 0 Å². The summed E-state index contributed by atoms with van der Waals surface area (Å²) in [4.78, 5) is 8.93. The Labute approximate surface area is 111 Å². The molecule has 0 unspecified atom stereocenters. The van der Waals surface area contributed by atoms with Crippen LogP contribution in [-0.2, 0) is 11.3 Å². The van der Waals surface area contributed by atoms with E-state index in [-0.39, 0.29) is 0 Å². The predicted molar refractivity (Wildman–Crippen MR) is 73.3 cm³/mol. The van der Waals surface area contributed by atoms with Crippen molar-refractivity contribution >= 4 is 17.3 Å². The van der Waals surface area contributed by atoms with Crippen LogP contribution in [-0.4, -0.2) is 34.8 Å². The van der Waals surface area contributed by atoms with Crippen LogP contribution in [0, 0.1) is 13.8 Å². The Balaban J connectivity index is 2.06. The highest BCUT2D eigenvalue weighted by molar-refractivity contribution is 7.09. The Morgan fingerprint density at radius 3 is 2.89 bits per heavy atom. The quantitative estimate of drug-likeness (QED) is 0.813. The van der Waals surface area contributed by atoms with Crippen molar-refractivity contribution < 1.29 is 4.74 Å². The van der Waals surface area contributed by atoms with Crippen LogP contribution in [0.25, 0.3) is 0 Å². The molecule has 0 atom stereocenters. The van der Waals surface area contributed by atoms with Gasteiger partial charge < -0.3 is 14.6 Å². The summed E-state index contributed by atoms with van der Waals surface area (Å²) in [5, 5.41) is 6.44. The highest BCUT2D eigenvalue weighted by atomic mass is 32.1. The Bertz CT molecular complexity index is 506. The second-order valence-electron chi connectivity index (χ2n) is 4.11. The zero-order valence-electron chi connectivity index (χ0n) is 10.9. The lowest BCUT2D eigenvalue weighted by atomic mass is 10.4. The number of ether oxygens (including phenoxy) is 1. The first-order valence-electron chi connectivity index (χ1n) is 5.86. The highest BCUT2D eigenvalue weighted by Gasteiger charge is 2.07. The minimum absolute atomic E-state index is 0.668. The first-order chi connectivity index (χ1) is 8.69. The molecule has 6 heteroatoms. The van der Waals surface area contributed by atoms with Gasteiger partial charge in [0.2, 0.25) is 5.95 Å². The van der Waals surface area contributed by atoms with Gasteiger partial charge in [0, 0.05) is 25.2 Å². The maximum Gasteiger partial charge on any atom is 0.203 e. The molecule has 1 N–H and O–H groups in total. The summed E-state index contributed by atoms with van der Waals surface area (Å²) in [5.41, 5.74) is 2.08. The molecule has 0 radical (unpaired) electrons. The van der Waals surface area contributed by atoms with E-state index in [2.05, 4.69) is 25.2 Å². The molecule has 0 spiro atoms. The van der Waals surface area contributed by atoms with Crippen LogP contribution in [0.4, 0.5) is 5.95 Å². The molecule has 2 aromatic rings. The fourth-order valence-electron chi connectivity index (χ4n) is 1.73. The summed E-state index contributed by atoms with van der Waals surface area (Å²) in [7, 11) is 1.69. The number of nitrogens with zero attached hydrogens (tertiary/aromatic N) is 3. The number of imidazole rings is 1. The van der Waals surface area contributed by atoms with E-state index < -0.39 is 0 Å². The normalized spacial score (nSPS) is 10.8. The first kappa shape index (κ1) is 13.0. The van der Waals surface area contributed by atoms with Crippen LogP contribution in [0.15, 0.2) is 11.6 Å². The van der Waals surface area contributed by atoms with Gasteiger partial charge in [-0.15, -0.1) is 11.3 Å². The summed E-state index contributed by atoms with van der Waals surface area (Å²) < 4.78 is 7.10. The number of aryl methyl sites for hydroxylation is 2. The van der Waals surface area contributed by atoms with Crippen molar-refractivity contribution in [3.8, 4) is 0 Å². The molecular weight excluding hydrogens is 248 g/mol. The largest absolute Gasteiger partial charge is 0.383 e. The van der Waals surface area contributed by atoms with Crippen LogP contribution in [0.1, 0.15) is 16.4 Å². The van der Waals surface area contributed by atoms with Gasteiger partial charge >= 0.3 is 0 Å². The minimum atomic E-state index is 0.668. The average Bonchev–Trinajstić information content (AvgIpc) is 2.87. The van der Waals surface area contributed by atoms with Crippen LogP contribution in [0.2, 0.25) is 0 Å². The van der Waals surface area contributed by atoms with Crippen molar-refractivity contribution in [1.82, 2.24) is 14.5 Å². The Hall–Kier alpha value is -1.40. The monoisotopic (exact) mass is 266 g/mol. The van der Waals surface area contributed by atoms with Crippen molar-refractivity contribution in [2.45, 2.75) is 20.4 Å². The SMILES string of the molecule is COCCNc1nc(C)cn1Cc1csc(C)n1. The smallest absolute Gasteiger partial charge is 0.203 e. The number of aromatic nitrogens is 3. The van der Waals surface area contributed by atoms with E-state index in [1.807, 2.05) is 20.0 Å². The van der Waals surface area contributed by atoms with Crippen molar-refractivity contribution in [2.75, 3.05) is 25.6 Å². The van der Waals surface area contributed by atoms with E-state index in [9.17, 15) is 0 Å². The molecule has 98 valence electrons. The number of anilines is 1. The van der Waals surface area contributed by atoms with Crippen LogP contribution >= 0.6 is 11.3 Å². The van der Waals surface area contributed by atoms with Gasteiger partial charge in [-0.1, -0.05) is 0 Å². The lowest BCUT2D eigenvalue weighted by molar-refractivity contribution is 0.210. The maximum absolute atomic E-state index is 5.02. The lowest BCUT2D eigenvalue weighted by Crippen LogP contribution is -2.12. The Kier molecular flexibility index (Phi) is 4.33. The summed E-state index contributed by atoms with van der Waals surface area (Å²) in [6, 6.07) is 0. The number of nitrogens with one attached hydrogen (secondary N) is 1. The minimum Gasteiger partial charge on any atom is -0.383 e. The number of rotatable bonds is 6. The number of hydrogen-bond acceptors (Lipinski definition) is 5. The van der Waals surface area contributed by atoms with Gasteiger partial charge in [0.1, 0.15) is 0 Å². The summed E-state index contributed by atoms with van der Waals surface area (Å²) in [6.45, 7) is 6.18. The van der Waals surface area contributed by atoms with Crippen molar-refractivity contribution in [3.63, 3.8) is 0 Å². The third-order valence-corrected chi connectivity index (χ3v) is 3.31. The Morgan fingerprint density at radius 1 is 1.39 bits per heavy atom. The zero-order chi connectivity index (χ0) is 13.0. The predicted octanol–water partition coefficient (Wildman–Crippen LogP) is 2.06. The lowest BCUT2D eigenvalue weighted by Gasteiger charge is -2.07. The van der Waals surface area contributed by atoms with E-state index in [0.717, 1.165) is 35.4 Å². The third-order valence-electron chi connectivity index (χ3n) is 2.49. The standard InChI is InChI=1S/C12H18N4OS/c1-9-6-16(7-11-8-18-10(2)15-11)12(14-9)13-4-5-17-3/h6,8H,4-5,7H2,1-3H3,(H,13,14). The molecular formula is C12H18N4OS. The average molecular weight is 266 g/mol. The van der Waals surface area contributed by atoms with Crippen LogP contribution in [0.5, 0.6) is 0 Å². The molecule has 18 heavy (non-hydrogen) atoms. The zero-order valence-corrected chi connectivity index (χ0v) is 11.8. The van der Waals surface area contributed by atoms with Gasteiger partial charge in [-0.3, -0.25) is 0 Å². The van der Waals surface area contributed by atoms with E-state index in [1.165, 1.54) is 0 Å². The van der Waals surface area contributed by atoms with Crippen LogP contribution < -0.4 is 5.32 Å². The van der Waals surface area contributed by atoms with Crippen LogP contribution in [0.3, 0.4) is 0 Å². The molecule has 2 aromatic heterocycles. The van der Waals surface area contributed by atoms with Gasteiger partial charge in [0.25, 0.3) is 0 Å². The van der Waals surface area contributed by atoms with E-state index in [1.54, 1.807) is 18.4 Å². The molecule has 0 saturated carbocycles. The Morgan fingerprint density at radius 2 is 2.22 bits per heavy atom. The number of methoxy groups -OCH3 is 1. The van der Waals surface area contributed by atoms with Crippen molar-refractivity contribution in [1.29, 1.82) is 0 Å².